The Bertz CT molecular complexity index is 1020. The number of hydrogen-bond donors (Lipinski definition) is 1. The number of aromatic nitrogens is 3. The van der Waals surface area contributed by atoms with Gasteiger partial charge in [0.1, 0.15) is 5.75 Å². The monoisotopic (exact) mass is 407 g/mol. The highest BCUT2D eigenvalue weighted by Gasteiger charge is 2.28. The van der Waals surface area contributed by atoms with Gasteiger partial charge in [-0.2, -0.15) is 5.10 Å². The molecule has 0 saturated carbocycles. The van der Waals surface area contributed by atoms with E-state index in [9.17, 15) is 4.79 Å². The van der Waals surface area contributed by atoms with E-state index in [-0.39, 0.29) is 11.4 Å². The van der Waals surface area contributed by atoms with Crippen molar-refractivity contribution in [2.45, 2.75) is 38.6 Å². The zero-order valence-electron chi connectivity index (χ0n) is 17.9. The second-order valence-electron chi connectivity index (χ2n) is 8.40. The average molecular weight is 408 g/mol. The van der Waals surface area contributed by atoms with Crippen LogP contribution in [0.5, 0.6) is 5.75 Å². The number of amides is 1. The molecule has 0 atom stereocenters. The first-order valence-corrected chi connectivity index (χ1v) is 10.5. The van der Waals surface area contributed by atoms with E-state index in [4.69, 9.17) is 4.74 Å². The van der Waals surface area contributed by atoms with Gasteiger partial charge in [0.25, 0.3) is 5.91 Å². The number of carbonyl (C=O) groups is 1. The molecule has 158 valence electrons. The number of benzene rings is 1. The standard InChI is InChI=1S/C23H29N5O2/c1-23(2,27-13-5-4-6-14-27)16-25-22(29)19-15-21-24-12-11-20(28(21)26-19)17-7-9-18(30-3)10-8-17/h7-12,15H,4-6,13-14,16H2,1-3H3,(H,25,29). The Hall–Kier alpha value is -2.93. The fourth-order valence-corrected chi connectivity index (χ4v) is 3.98. The Morgan fingerprint density at radius 1 is 1.13 bits per heavy atom. The van der Waals surface area contributed by atoms with Crippen LogP contribution in [0.2, 0.25) is 0 Å². The zero-order valence-corrected chi connectivity index (χ0v) is 17.9. The van der Waals surface area contributed by atoms with Crippen LogP contribution < -0.4 is 10.1 Å². The summed E-state index contributed by atoms with van der Waals surface area (Å²) in [6, 6.07) is 11.4. The summed E-state index contributed by atoms with van der Waals surface area (Å²) >= 11 is 0. The second kappa shape index (κ2) is 8.44. The minimum atomic E-state index is -0.175. The quantitative estimate of drug-likeness (QED) is 0.678. The molecule has 1 aliphatic heterocycles. The molecule has 2 aromatic heterocycles. The molecule has 1 N–H and O–H groups in total. The van der Waals surface area contributed by atoms with Crippen LogP contribution in [0.25, 0.3) is 16.9 Å². The Morgan fingerprint density at radius 3 is 2.57 bits per heavy atom. The molecule has 1 saturated heterocycles. The van der Waals surface area contributed by atoms with E-state index in [1.54, 1.807) is 23.9 Å². The Labute approximate surface area is 177 Å². The van der Waals surface area contributed by atoms with E-state index in [0.717, 1.165) is 30.1 Å². The molecule has 1 aliphatic rings. The number of methoxy groups -OCH3 is 1. The van der Waals surface area contributed by atoms with E-state index < -0.39 is 0 Å². The minimum absolute atomic E-state index is 0.0816. The van der Waals surface area contributed by atoms with Gasteiger partial charge in [-0.05, 0) is 70.1 Å². The van der Waals surface area contributed by atoms with Crippen LogP contribution in [0.4, 0.5) is 0 Å². The average Bonchev–Trinajstić information content (AvgIpc) is 3.23. The van der Waals surface area contributed by atoms with Crippen molar-refractivity contribution < 1.29 is 9.53 Å². The minimum Gasteiger partial charge on any atom is -0.497 e. The molecule has 1 fully saturated rings. The van der Waals surface area contributed by atoms with E-state index >= 15 is 0 Å². The summed E-state index contributed by atoms with van der Waals surface area (Å²) in [7, 11) is 1.64. The SMILES string of the molecule is COc1ccc(-c2ccnc3cc(C(=O)NCC(C)(C)N4CCCCC4)nn23)cc1. The predicted octanol–water partition coefficient (Wildman–Crippen LogP) is 3.40. The van der Waals surface area contributed by atoms with Crippen LogP contribution in [0.3, 0.4) is 0 Å². The molecular weight excluding hydrogens is 378 g/mol. The van der Waals surface area contributed by atoms with Gasteiger partial charge in [0.2, 0.25) is 0 Å². The predicted molar refractivity (Wildman–Crippen MR) is 117 cm³/mol. The number of hydrogen-bond acceptors (Lipinski definition) is 5. The van der Waals surface area contributed by atoms with E-state index in [1.807, 2.05) is 30.3 Å². The number of nitrogens with one attached hydrogen (secondary N) is 1. The molecule has 3 aromatic rings. The first-order chi connectivity index (χ1) is 14.5. The third-order valence-electron chi connectivity index (χ3n) is 5.87. The van der Waals surface area contributed by atoms with Crippen molar-refractivity contribution in [3.8, 4) is 17.0 Å². The van der Waals surface area contributed by atoms with Gasteiger partial charge >= 0.3 is 0 Å². The summed E-state index contributed by atoms with van der Waals surface area (Å²) in [4.78, 5) is 19.7. The molecule has 3 heterocycles. The third-order valence-corrected chi connectivity index (χ3v) is 5.87. The maximum atomic E-state index is 12.8. The highest BCUT2D eigenvalue weighted by molar-refractivity contribution is 5.93. The van der Waals surface area contributed by atoms with Crippen LogP contribution in [-0.2, 0) is 0 Å². The van der Waals surface area contributed by atoms with E-state index in [2.05, 4.69) is 34.1 Å². The first-order valence-electron chi connectivity index (χ1n) is 10.5. The normalized spacial score (nSPS) is 15.3. The summed E-state index contributed by atoms with van der Waals surface area (Å²) in [5.41, 5.74) is 2.78. The van der Waals surface area contributed by atoms with Crippen molar-refractivity contribution in [2.75, 3.05) is 26.7 Å². The highest BCUT2D eigenvalue weighted by atomic mass is 16.5. The lowest BCUT2D eigenvalue weighted by Crippen LogP contribution is -2.53. The summed E-state index contributed by atoms with van der Waals surface area (Å²) in [5, 5.41) is 7.61. The number of rotatable bonds is 6. The van der Waals surface area contributed by atoms with Gasteiger partial charge in [-0.1, -0.05) is 6.42 Å². The van der Waals surface area contributed by atoms with Gasteiger partial charge in [-0.3, -0.25) is 9.69 Å². The second-order valence-corrected chi connectivity index (χ2v) is 8.40. The summed E-state index contributed by atoms with van der Waals surface area (Å²) in [6.07, 6.45) is 5.48. The summed E-state index contributed by atoms with van der Waals surface area (Å²) < 4.78 is 6.95. The molecule has 0 spiro atoms. The van der Waals surface area contributed by atoms with Crippen molar-refractivity contribution in [3.05, 3.63) is 48.3 Å². The highest BCUT2D eigenvalue weighted by Crippen LogP contribution is 2.23. The van der Waals surface area contributed by atoms with Crippen molar-refractivity contribution in [1.29, 1.82) is 0 Å². The van der Waals surface area contributed by atoms with Crippen LogP contribution in [0.15, 0.2) is 42.6 Å². The fourth-order valence-electron chi connectivity index (χ4n) is 3.98. The molecule has 0 unspecified atom stereocenters. The molecule has 0 aliphatic carbocycles. The van der Waals surface area contributed by atoms with E-state index in [1.165, 1.54) is 19.3 Å². The molecule has 7 nitrogen and oxygen atoms in total. The maximum Gasteiger partial charge on any atom is 0.271 e. The topological polar surface area (TPSA) is 71.8 Å². The molecular formula is C23H29N5O2. The molecule has 4 rings (SSSR count). The smallest absolute Gasteiger partial charge is 0.271 e. The van der Waals surface area contributed by atoms with Crippen LogP contribution in [0, 0.1) is 0 Å². The number of nitrogens with zero attached hydrogens (tertiary/aromatic N) is 4. The zero-order chi connectivity index (χ0) is 21.1. The van der Waals surface area contributed by atoms with Crippen LogP contribution in [-0.4, -0.2) is 57.7 Å². The Kier molecular flexibility index (Phi) is 5.72. The fraction of sp³-hybridized carbons (Fsp3) is 0.435. The molecule has 1 amide bonds. The van der Waals surface area contributed by atoms with Gasteiger partial charge in [0, 0.05) is 29.9 Å². The van der Waals surface area contributed by atoms with Crippen LogP contribution in [0.1, 0.15) is 43.6 Å². The van der Waals surface area contributed by atoms with E-state index in [0.29, 0.717) is 17.9 Å². The maximum absolute atomic E-state index is 12.8. The van der Waals surface area contributed by atoms with Gasteiger partial charge < -0.3 is 10.1 Å². The molecule has 0 bridgehead atoms. The molecule has 7 heteroatoms. The number of ether oxygens (including phenoxy) is 1. The number of fused-ring (bicyclic) bond motifs is 1. The lowest BCUT2D eigenvalue weighted by molar-refractivity contribution is 0.0794. The number of likely N-dealkylation sites (tertiary alicyclic amines) is 1. The van der Waals surface area contributed by atoms with Gasteiger partial charge in [0.05, 0.1) is 12.8 Å². The summed E-state index contributed by atoms with van der Waals surface area (Å²) in [6.45, 7) is 7.13. The van der Waals surface area contributed by atoms with Crippen molar-refractivity contribution in [1.82, 2.24) is 24.8 Å². The molecule has 1 aromatic carbocycles. The Morgan fingerprint density at radius 2 is 1.87 bits per heavy atom. The van der Waals surface area contributed by atoms with Crippen LogP contribution >= 0.6 is 0 Å². The Balaban J connectivity index is 1.52. The van der Waals surface area contributed by atoms with Gasteiger partial charge in [0.15, 0.2) is 11.3 Å². The van der Waals surface area contributed by atoms with Gasteiger partial charge in [-0.25, -0.2) is 9.50 Å². The number of carbonyl (C=O) groups excluding carboxylic acids is 1. The van der Waals surface area contributed by atoms with Crippen molar-refractivity contribution in [3.63, 3.8) is 0 Å². The first kappa shape index (κ1) is 20.3. The molecule has 30 heavy (non-hydrogen) atoms. The molecule has 0 radical (unpaired) electrons. The lowest BCUT2D eigenvalue weighted by atomic mass is 9.98. The van der Waals surface area contributed by atoms with Gasteiger partial charge in [-0.15, -0.1) is 0 Å². The largest absolute Gasteiger partial charge is 0.497 e. The number of piperidine rings is 1. The van der Waals surface area contributed by atoms with Crippen molar-refractivity contribution >= 4 is 11.6 Å². The van der Waals surface area contributed by atoms with Crippen molar-refractivity contribution in [2.24, 2.45) is 0 Å². The lowest BCUT2D eigenvalue weighted by Gasteiger charge is -2.41. The third kappa shape index (κ3) is 4.16. The summed E-state index contributed by atoms with van der Waals surface area (Å²) in [5.74, 6) is 0.618.